The smallest absolute Gasteiger partial charge is 0.339 e. The van der Waals surface area contributed by atoms with Crippen LogP contribution in [0, 0.1) is 0 Å². The van der Waals surface area contributed by atoms with Crippen molar-refractivity contribution in [3.05, 3.63) is 53.6 Å². The molecule has 0 aromatic heterocycles. The molecule has 3 N–H and O–H groups in total. The Morgan fingerprint density at radius 3 is 2.32 bits per heavy atom. The number of phenols is 1. The molecule has 1 atom stereocenters. The van der Waals surface area contributed by atoms with Crippen molar-refractivity contribution in [1.82, 2.24) is 0 Å². The van der Waals surface area contributed by atoms with Crippen molar-refractivity contribution in [2.45, 2.75) is 6.10 Å². The first kappa shape index (κ1) is 15.7. The van der Waals surface area contributed by atoms with Gasteiger partial charge in [-0.1, -0.05) is 6.07 Å². The summed E-state index contributed by atoms with van der Waals surface area (Å²) in [5.41, 5.74) is 0.156. The van der Waals surface area contributed by atoms with Gasteiger partial charge >= 0.3 is 5.97 Å². The number of hydrogen-bond donors (Lipinski definition) is 3. The molecule has 0 aliphatic rings. The lowest BCUT2D eigenvalue weighted by molar-refractivity contribution is 0.0693. The van der Waals surface area contributed by atoms with Crippen LogP contribution in [0.2, 0.25) is 0 Å². The van der Waals surface area contributed by atoms with Crippen LogP contribution in [0.1, 0.15) is 22.0 Å². The van der Waals surface area contributed by atoms with E-state index < -0.39 is 17.8 Å². The standard InChI is InChI=1S/C16H16O6/c1-21-11-3-5-12(6-4-11)22-9-15(18)10-2-7-13(16(19)20)14(17)8-10/h2-8,15,17-18H,9H2,1H3,(H,19,20). The number of aromatic hydroxyl groups is 1. The number of carboxylic acid groups (broad SMARTS) is 1. The highest BCUT2D eigenvalue weighted by Gasteiger charge is 2.14. The molecule has 6 heteroatoms. The minimum atomic E-state index is -1.23. The number of hydrogen-bond acceptors (Lipinski definition) is 5. The average Bonchev–Trinajstić information content (AvgIpc) is 2.52. The summed E-state index contributed by atoms with van der Waals surface area (Å²) in [6.45, 7) is -0.0296. The molecule has 0 amide bonds. The molecule has 116 valence electrons. The molecule has 22 heavy (non-hydrogen) atoms. The molecule has 0 aliphatic heterocycles. The van der Waals surface area contributed by atoms with E-state index in [1.807, 2.05) is 0 Å². The fourth-order valence-electron chi connectivity index (χ4n) is 1.88. The molecule has 0 saturated carbocycles. The molecular weight excluding hydrogens is 288 g/mol. The van der Waals surface area contributed by atoms with E-state index in [9.17, 15) is 15.0 Å². The largest absolute Gasteiger partial charge is 0.507 e. The van der Waals surface area contributed by atoms with Crippen molar-refractivity contribution in [2.75, 3.05) is 13.7 Å². The Morgan fingerprint density at radius 2 is 1.77 bits per heavy atom. The van der Waals surface area contributed by atoms with Crippen LogP contribution in [0.3, 0.4) is 0 Å². The molecule has 0 spiro atoms. The van der Waals surface area contributed by atoms with E-state index in [0.29, 0.717) is 17.1 Å². The van der Waals surface area contributed by atoms with Gasteiger partial charge in [0.25, 0.3) is 0 Å². The third-order valence-electron chi connectivity index (χ3n) is 3.10. The van der Waals surface area contributed by atoms with Crippen LogP contribution in [0.25, 0.3) is 0 Å². The van der Waals surface area contributed by atoms with Crippen LogP contribution >= 0.6 is 0 Å². The first-order valence-corrected chi connectivity index (χ1v) is 6.52. The molecule has 2 aromatic rings. The van der Waals surface area contributed by atoms with Gasteiger partial charge < -0.3 is 24.8 Å². The molecule has 0 aliphatic carbocycles. The monoisotopic (exact) mass is 304 g/mol. The average molecular weight is 304 g/mol. The molecule has 2 rings (SSSR count). The van der Waals surface area contributed by atoms with E-state index in [0.717, 1.165) is 0 Å². The number of aliphatic hydroxyl groups is 1. The summed E-state index contributed by atoms with van der Waals surface area (Å²) in [4.78, 5) is 10.8. The SMILES string of the molecule is COc1ccc(OCC(O)c2ccc(C(=O)O)c(O)c2)cc1. The summed E-state index contributed by atoms with van der Waals surface area (Å²) in [5, 5.41) is 28.5. The number of carboxylic acids is 1. The number of carbonyl (C=O) groups is 1. The van der Waals surface area contributed by atoms with Gasteiger partial charge in [-0.25, -0.2) is 4.79 Å². The Bertz CT molecular complexity index is 650. The highest BCUT2D eigenvalue weighted by molar-refractivity contribution is 5.90. The second kappa shape index (κ2) is 6.82. The minimum Gasteiger partial charge on any atom is -0.507 e. The van der Waals surface area contributed by atoms with E-state index in [1.165, 1.54) is 18.2 Å². The number of aromatic carboxylic acids is 1. The van der Waals surface area contributed by atoms with Crippen molar-refractivity contribution in [2.24, 2.45) is 0 Å². The molecule has 0 radical (unpaired) electrons. The minimum absolute atomic E-state index is 0.0296. The maximum absolute atomic E-state index is 10.8. The van der Waals surface area contributed by atoms with Gasteiger partial charge in [-0.05, 0) is 42.0 Å². The zero-order valence-corrected chi connectivity index (χ0v) is 11.9. The second-order valence-electron chi connectivity index (χ2n) is 4.58. The Balaban J connectivity index is 2.00. The van der Waals surface area contributed by atoms with Gasteiger partial charge in [-0.3, -0.25) is 0 Å². The Kier molecular flexibility index (Phi) is 4.85. The van der Waals surface area contributed by atoms with Gasteiger partial charge in [0.2, 0.25) is 0 Å². The summed E-state index contributed by atoms with van der Waals surface area (Å²) in [7, 11) is 1.56. The van der Waals surface area contributed by atoms with Crippen molar-refractivity contribution < 1.29 is 29.6 Å². The van der Waals surface area contributed by atoms with E-state index in [-0.39, 0.29) is 12.2 Å². The maximum Gasteiger partial charge on any atom is 0.339 e. The van der Waals surface area contributed by atoms with Gasteiger partial charge in [0.15, 0.2) is 0 Å². The number of aliphatic hydroxyl groups excluding tert-OH is 1. The third kappa shape index (κ3) is 3.67. The summed E-state index contributed by atoms with van der Waals surface area (Å²) in [6.07, 6.45) is -0.990. The highest BCUT2D eigenvalue weighted by atomic mass is 16.5. The Hall–Kier alpha value is -2.73. The lowest BCUT2D eigenvalue weighted by Gasteiger charge is -2.14. The number of rotatable bonds is 6. The van der Waals surface area contributed by atoms with Crippen LogP contribution in [-0.4, -0.2) is 35.0 Å². The molecule has 0 fully saturated rings. The summed E-state index contributed by atoms with van der Waals surface area (Å²) in [5.74, 6) is -0.366. The molecule has 6 nitrogen and oxygen atoms in total. The van der Waals surface area contributed by atoms with E-state index in [1.54, 1.807) is 31.4 Å². The van der Waals surface area contributed by atoms with Crippen LogP contribution in [0.4, 0.5) is 0 Å². The Morgan fingerprint density at radius 1 is 1.14 bits per heavy atom. The van der Waals surface area contributed by atoms with Crippen LogP contribution < -0.4 is 9.47 Å². The highest BCUT2D eigenvalue weighted by Crippen LogP contribution is 2.24. The number of methoxy groups -OCH3 is 1. The van der Waals surface area contributed by atoms with E-state index >= 15 is 0 Å². The normalized spacial score (nSPS) is 11.7. The van der Waals surface area contributed by atoms with Crippen LogP contribution in [0.15, 0.2) is 42.5 Å². The van der Waals surface area contributed by atoms with E-state index in [4.69, 9.17) is 14.6 Å². The molecule has 0 saturated heterocycles. The summed E-state index contributed by atoms with van der Waals surface area (Å²) >= 11 is 0. The molecule has 0 heterocycles. The quantitative estimate of drug-likeness (QED) is 0.757. The fourth-order valence-corrected chi connectivity index (χ4v) is 1.88. The lowest BCUT2D eigenvalue weighted by Crippen LogP contribution is -2.10. The van der Waals surface area contributed by atoms with Gasteiger partial charge in [-0.15, -0.1) is 0 Å². The predicted molar refractivity (Wildman–Crippen MR) is 78.5 cm³/mol. The fraction of sp³-hybridized carbons (Fsp3) is 0.188. The first-order chi connectivity index (χ1) is 10.5. The van der Waals surface area contributed by atoms with Crippen LogP contribution in [-0.2, 0) is 0 Å². The van der Waals surface area contributed by atoms with Crippen LogP contribution in [0.5, 0.6) is 17.2 Å². The zero-order valence-electron chi connectivity index (χ0n) is 11.9. The van der Waals surface area contributed by atoms with Crippen molar-refractivity contribution >= 4 is 5.97 Å². The molecule has 1 unspecified atom stereocenters. The van der Waals surface area contributed by atoms with E-state index in [2.05, 4.69) is 0 Å². The van der Waals surface area contributed by atoms with Crippen molar-refractivity contribution in [3.63, 3.8) is 0 Å². The third-order valence-corrected chi connectivity index (χ3v) is 3.10. The summed E-state index contributed by atoms with van der Waals surface area (Å²) < 4.78 is 10.5. The second-order valence-corrected chi connectivity index (χ2v) is 4.58. The molecule has 2 aromatic carbocycles. The van der Waals surface area contributed by atoms with Crippen molar-refractivity contribution in [3.8, 4) is 17.2 Å². The van der Waals surface area contributed by atoms with Gasteiger partial charge in [-0.2, -0.15) is 0 Å². The Labute approximate surface area is 127 Å². The maximum atomic E-state index is 10.8. The number of benzene rings is 2. The topological polar surface area (TPSA) is 96.2 Å². The summed E-state index contributed by atoms with van der Waals surface area (Å²) in [6, 6.07) is 10.8. The van der Waals surface area contributed by atoms with Crippen molar-refractivity contribution in [1.29, 1.82) is 0 Å². The number of ether oxygens (including phenoxy) is 2. The van der Waals surface area contributed by atoms with Gasteiger partial charge in [0, 0.05) is 0 Å². The van der Waals surface area contributed by atoms with Gasteiger partial charge in [0.1, 0.15) is 35.5 Å². The lowest BCUT2D eigenvalue weighted by atomic mass is 10.1. The zero-order chi connectivity index (χ0) is 16.1. The predicted octanol–water partition coefficient (Wildman–Crippen LogP) is 2.21. The van der Waals surface area contributed by atoms with Gasteiger partial charge in [0.05, 0.1) is 7.11 Å². The molecular formula is C16H16O6. The molecule has 0 bridgehead atoms. The first-order valence-electron chi connectivity index (χ1n) is 6.52.